The maximum Gasteiger partial charge on any atom is 0.202 e. The molecule has 0 aromatic carbocycles. The van der Waals surface area contributed by atoms with E-state index in [9.17, 15) is 0 Å². The molecule has 2 rings (SSSR count). The molecule has 0 radical (unpaired) electrons. The zero-order valence-corrected chi connectivity index (χ0v) is 10.3. The third kappa shape index (κ3) is 3.09. The molecule has 0 aromatic heterocycles. The molecule has 1 unspecified atom stereocenters. The number of rotatable bonds is 3. The molecular weight excluding hydrogens is 214 g/mol. The van der Waals surface area contributed by atoms with Crippen LogP contribution in [0.5, 0.6) is 0 Å². The molecule has 0 bridgehead atoms. The van der Waals surface area contributed by atoms with Crippen LogP contribution in [0.3, 0.4) is 0 Å². The first-order valence-electron chi connectivity index (χ1n) is 5.90. The average Bonchev–Trinajstić information content (AvgIpc) is 2.77. The molecule has 5 nitrogen and oxygen atoms in total. The van der Waals surface area contributed by atoms with Crippen LogP contribution in [0.15, 0.2) is 33.8 Å². The minimum Gasteiger partial charge on any atom is -0.370 e. The molecule has 0 spiro atoms. The number of hydrogen-bond acceptors (Lipinski definition) is 5. The summed E-state index contributed by atoms with van der Waals surface area (Å²) in [5, 5.41) is 2.99. The van der Waals surface area contributed by atoms with Crippen molar-refractivity contribution >= 4 is 11.9 Å². The van der Waals surface area contributed by atoms with Gasteiger partial charge in [-0.05, 0) is 19.8 Å². The van der Waals surface area contributed by atoms with Crippen molar-refractivity contribution in [2.75, 3.05) is 13.6 Å². The van der Waals surface area contributed by atoms with Crippen LogP contribution < -0.4 is 11.1 Å². The number of nitrogens with two attached hydrogens (primary N) is 1. The van der Waals surface area contributed by atoms with Gasteiger partial charge in [0.05, 0.1) is 0 Å². The molecule has 1 atom stereocenters. The first-order valence-corrected chi connectivity index (χ1v) is 5.90. The summed E-state index contributed by atoms with van der Waals surface area (Å²) in [4.78, 5) is 10.6. The van der Waals surface area contributed by atoms with Crippen molar-refractivity contribution in [3.05, 3.63) is 23.8 Å². The number of aliphatic imine (C=N–C) groups is 2. The van der Waals surface area contributed by atoms with Gasteiger partial charge in [0.15, 0.2) is 5.96 Å². The van der Waals surface area contributed by atoms with Crippen molar-refractivity contribution in [3.63, 3.8) is 0 Å². The second-order valence-electron chi connectivity index (χ2n) is 4.31. The highest BCUT2D eigenvalue weighted by Crippen LogP contribution is 2.13. The molecule has 1 aliphatic carbocycles. The lowest BCUT2D eigenvalue weighted by Gasteiger charge is -2.25. The Balaban J connectivity index is 1.87. The first-order chi connectivity index (χ1) is 8.15. The molecule has 0 amide bonds. The quantitative estimate of drug-likeness (QED) is 0.758. The van der Waals surface area contributed by atoms with E-state index in [-0.39, 0.29) is 6.17 Å². The largest absolute Gasteiger partial charge is 0.370 e. The zero-order valence-electron chi connectivity index (χ0n) is 10.3. The summed E-state index contributed by atoms with van der Waals surface area (Å²) in [5.74, 6) is 1.24. The van der Waals surface area contributed by atoms with E-state index in [1.165, 1.54) is 5.57 Å². The number of nitrogens with one attached hydrogen (secondary N) is 1. The molecule has 0 fully saturated rings. The van der Waals surface area contributed by atoms with E-state index in [4.69, 9.17) is 5.73 Å². The normalized spacial score (nSPS) is 22.7. The second kappa shape index (κ2) is 5.03. The van der Waals surface area contributed by atoms with Crippen molar-refractivity contribution in [3.8, 4) is 0 Å². The van der Waals surface area contributed by atoms with Crippen LogP contribution in [-0.4, -0.2) is 36.6 Å². The fourth-order valence-corrected chi connectivity index (χ4v) is 1.88. The van der Waals surface area contributed by atoms with Gasteiger partial charge in [0, 0.05) is 13.6 Å². The Bertz CT molecular complexity index is 405. The SMILES string of the molecule is CC1N=C(N)NC(N(C)CCC2=CCC=C2)=N1. The van der Waals surface area contributed by atoms with Gasteiger partial charge in [0.2, 0.25) is 5.96 Å². The summed E-state index contributed by atoms with van der Waals surface area (Å²) in [7, 11) is 2.01. The monoisotopic (exact) mass is 233 g/mol. The Kier molecular flexibility index (Phi) is 3.46. The van der Waals surface area contributed by atoms with Crippen LogP contribution in [0, 0.1) is 0 Å². The summed E-state index contributed by atoms with van der Waals surface area (Å²) in [6.07, 6.45) is 8.61. The van der Waals surface area contributed by atoms with Crippen LogP contribution >= 0.6 is 0 Å². The lowest BCUT2D eigenvalue weighted by molar-refractivity contribution is 0.487. The van der Waals surface area contributed by atoms with Crippen LogP contribution in [0.2, 0.25) is 0 Å². The minimum absolute atomic E-state index is 0.0979. The lowest BCUT2D eigenvalue weighted by Crippen LogP contribution is -2.48. The third-order valence-electron chi connectivity index (χ3n) is 2.82. The summed E-state index contributed by atoms with van der Waals surface area (Å²) in [6, 6.07) is 0. The van der Waals surface area contributed by atoms with Gasteiger partial charge < -0.3 is 10.6 Å². The molecule has 17 heavy (non-hydrogen) atoms. The van der Waals surface area contributed by atoms with E-state index >= 15 is 0 Å². The Labute approximate surface area is 102 Å². The lowest BCUT2D eigenvalue weighted by atomic mass is 10.2. The summed E-state index contributed by atoms with van der Waals surface area (Å²) in [6.45, 7) is 2.84. The van der Waals surface area contributed by atoms with Gasteiger partial charge in [-0.15, -0.1) is 0 Å². The van der Waals surface area contributed by atoms with Gasteiger partial charge in [0.25, 0.3) is 0 Å². The van der Waals surface area contributed by atoms with Crippen molar-refractivity contribution in [2.45, 2.75) is 25.9 Å². The summed E-state index contributed by atoms with van der Waals surface area (Å²) >= 11 is 0. The predicted molar refractivity (Wildman–Crippen MR) is 70.7 cm³/mol. The number of nitrogens with zero attached hydrogens (tertiary/aromatic N) is 3. The van der Waals surface area contributed by atoms with Gasteiger partial charge in [-0.25, -0.2) is 9.98 Å². The molecule has 0 saturated heterocycles. The zero-order chi connectivity index (χ0) is 12.3. The summed E-state index contributed by atoms with van der Waals surface area (Å²) < 4.78 is 0. The van der Waals surface area contributed by atoms with E-state index < -0.39 is 0 Å². The molecule has 1 heterocycles. The highest BCUT2D eigenvalue weighted by atomic mass is 15.4. The molecule has 0 saturated carbocycles. The summed E-state index contributed by atoms with van der Waals surface area (Å²) in [5.41, 5.74) is 7.07. The fourth-order valence-electron chi connectivity index (χ4n) is 1.88. The first kappa shape index (κ1) is 11.7. The van der Waals surface area contributed by atoms with Crippen molar-refractivity contribution in [1.29, 1.82) is 0 Å². The highest BCUT2D eigenvalue weighted by Gasteiger charge is 2.14. The Morgan fingerprint density at radius 1 is 1.53 bits per heavy atom. The van der Waals surface area contributed by atoms with Gasteiger partial charge >= 0.3 is 0 Å². The Morgan fingerprint density at radius 3 is 3.00 bits per heavy atom. The maximum absolute atomic E-state index is 5.68. The van der Waals surface area contributed by atoms with Crippen LogP contribution in [0.1, 0.15) is 19.8 Å². The topological polar surface area (TPSA) is 66.0 Å². The smallest absolute Gasteiger partial charge is 0.202 e. The van der Waals surface area contributed by atoms with E-state index in [1.54, 1.807) is 0 Å². The van der Waals surface area contributed by atoms with Crippen LogP contribution in [-0.2, 0) is 0 Å². The molecule has 3 N–H and O–H groups in total. The molecule has 2 aliphatic rings. The van der Waals surface area contributed by atoms with Gasteiger partial charge in [-0.2, -0.15) is 0 Å². The number of guanidine groups is 2. The van der Waals surface area contributed by atoms with Crippen molar-refractivity contribution in [1.82, 2.24) is 10.2 Å². The Hall–Kier alpha value is -1.78. The van der Waals surface area contributed by atoms with Gasteiger partial charge in [-0.1, -0.05) is 23.8 Å². The van der Waals surface area contributed by atoms with Crippen molar-refractivity contribution in [2.24, 2.45) is 15.7 Å². The standard InChI is InChI=1S/C12H19N5/c1-9-14-11(13)16-12(15-9)17(2)8-7-10-5-3-4-6-10/h3,5-6,9H,4,7-8H2,1-2H3,(H3,13,14,15,16). The Morgan fingerprint density at radius 2 is 2.35 bits per heavy atom. The van der Waals surface area contributed by atoms with E-state index in [0.717, 1.165) is 25.3 Å². The number of allylic oxidation sites excluding steroid dienone is 3. The van der Waals surface area contributed by atoms with E-state index in [2.05, 4.69) is 38.4 Å². The van der Waals surface area contributed by atoms with Crippen LogP contribution in [0.25, 0.3) is 0 Å². The average molecular weight is 233 g/mol. The third-order valence-corrected chi connectivity index (χ3v) is 2.82. The maximum atomic E-state index is 5.68. The molecule has 92 valence electrons. The molecule has 0 aromatic rings. The van der Waals surface area contributed by atoms with Gasteiger partial charge in [-0.3, -0.25) is 5.32 Å². The molecular formula is C12H19N5. The highest BCUT2D eigenvalue weighted by molar-refractivity contribution is 5.99. The van der Waals surface area contributed by atoms with Crippen LogP contribution in [0.4, 0.5) is 0 Å². The minimum atomic E-state index is -0.0979. The number of hydrogen-bond donors (Lipinski definition) is 2. The van der Waals surface area contributed by atoms with E-state index in [1.807, 2.05) is 14.0 Å². The fraction of sp³-hybridized carbons (Fsp3) is 0.500. The molecule has 1 aliphatic heterocycles. The molecule has 5 heteroatoms. The second-order valence-corrected chi connectivity index (χ2v) is 4.31. The predicted octanol–water partition coefficient (Wildman–Crippen LogP) is 0.814. The van der Waals surface area contributed by atoms with Crippen molar-refractivity contribution < 1.29 is 0 Å². The van der Waals surface area contributed by atoms with E-state index in [0.29, 0.717) is 5.96 Å². The van der Waals surface area contributed by atoms with Gasteiger partial charge in [0.1, 0.15) is 6.17 Å².